The van der Waals surface area contributed by atoms with Gasteiger partial charge in [-0.3, -0.25) is 4.52 Å². The minimum Gasteiger partial charge on any atom is -0.426 e. The van der Waals surface area contributed by atoms with Crippen LogP contribution >= 0.6 is 7.60 Å². The van der Waals surface area contributed by atoms with Crippen molar-refractivity contribution in [3.05, 3.63) is 12.8 Å². The fourth-order valence-electron chi connectivity index (χ4n) is 0.499. The van der Waals surface area contributed by atoms with E-state index >= 15 is 0 Å². The molecule has 76 valence electrons. The Balaban J connectivity index is 4.30. The lowest BCUT2D eigenvalue weighted by molar-refractivity contribution is 0.163. The van der Waals surface area contributed by atoms with Crippen molar-refractivity contribution < 1.29 is 23.5 Å². The first-order chi connectivity index (χ1) is 5.94. The van der Waals surface area contributed by atoms with Crippen molar-refractivity contribution in [3.8, 4) is 0 Å². The van der Waals surface area contributed by atoms with E-state index in [1.165, 1.54) is 0 Å². The lowest BCUT2D eigenvalue weighted by Crippen LogP contribution is -2.09. The SMILES string of the molecule is C=COC(=O)P(=O)(O)OC(C)CC. The lowest BCUT2D eigenvalue weighted by Gasteiger charge is -2.13. The third-order valence-electron chi connectivity index (χ3n) is 1.31. The highest BCUT2D eigenvalue weighted by Crippen LogP contribution is 2.45. The Morgan fingerprint density at radius 2 is 2.31 bits per heavy atom. The highest BCUT2D eigenvalue weighted by molar-refractivity contribution is 7.70. The maximum Gasteiger partial charge on any atom is 0.436 e. The van der Waals surface area contributed by atoms with E-state index in [0.717, 1.165) is 6.26 Å². The molecular weight excluding hydrogens is 195 g/mol. The van der Waals surface area contributed by atoms with Crippen molar-refractivity contribution in [1.29, 1.82) is 0 Å². The summed E-state index contributed by atoms with van der Waals surface area (Å²) in [7, 11) is -4.31. The standard InChI is InChI=1S/C7H13O5P/c1-4-6(3)12-13(9,10)7(8)11-5-2/h5-6H,2,4H2,1,3H3,(H,9,10). The van der Waals surface area contributed by atoms with E-state index in [2.05, 4.69) is 15.8 Å². The largest absolute Gasteiger partial charge is 0.436 e. The van der Waals surface area contributed by atoms with Gasteiger partial charge in [-0.25, -0.2) is 9.36 Å². The Morgan fingerprint density at radius 3 is 2.69 bits per heavy atom. The van der Waals surface area contributed by atoms with Crippen LogP contribution in [0.1, 0.15) is 20.3 Å². The van der Waals surface area contributed by atoms with Crippen LogP contribution in [0.3, 0.4) is 0 Å². The van der Waals surface area contributed by atoms with Crippen LogP contribution < -0.4 is 0 Å². The second-order valence-corrected chi connectivity index (χ2v) is 4.01. The summed E-state index contributed by atoms with van der Waals surface area (Å²) in [4.78, 5) is 19.8. The topological polar surface area (TPSA) is 72.8 Å². The summed E-state index contributed by atoms with van der Waals surface area (Å²) >= 11 is 0. The first kappa shape index (κ1) is 12.4. The van der Waals surface area contributed by atoms with E-state index in [9.17, 15) is 9.36 Å². The molecule has 0 saturated carbocycles. The van der Waals surface area contributed by atoms with Crippen molar-refractivity contribution in [2.45, 2.75) is 26.4 Å². The van der Waals surface area contributed by atoms with Gasteiger partial charge in [0.05, 0.1) is 12.4 Å². The van der Waals surface area contributed by atoms with E-state index in [-0.39, 0.29) is 0 Å². The van der Waals surface area contributed by atoms with Crippen LogP contribution in [0.4, 0.5) is 4.79 Å². The molecule has 0 heterocycles. The van der Waals surface area contributed by atoms with Crippen molar-refractivity contribution in [2.24, 2.45) is 0 Å². The van der Waals surface area contributed by atoms with E-state index < -0.39 is 19.4 Å². The maximum absolute atomic E-state index is 11.1. The summed E-state index contributed by atoms with van der Waals surface area (Å²) in [6, 6.07) is 0. The molecule has 0 aliphatic carbocycles. The van der Waals surface area contributed by atoms with Gasteiger partial charge in [0.25, 0.3) is 0 Å². The zero-order valence-corrected chi connectivity index (χ0v) is 8.49. The second kappa shape index (κ2) is 5.17. The van der Waals surface area contributed by atoms with Gasteiger partial charge in [-0.05, 0) is 13.3 Å². The summed E-state index contributed by atoms with van der Waals surface area (Å²) < 4.78 is 19.8. The Labute approximate surface area is 76.9 Å². The number of ether oxygens (including phenoxy) is 1. The van der Waals surface area contributed by atoms with Gasteiger partial charge in [-0.2, -0.15) is 0 Å². The molecule has 0 aromatic heterocycles. The summed E-state index contributed by atoms with van der Waals surface area (Å²) in [5.74, 6) is 0. The maximum atomic E-state index is 11.1. The molecule has 0 bridgehead atoms. The first-order valence-corrected chi connectivity index (χ1v) is 5.35. The monoisotopic (exact) mass is 208 g/mol. The highest BCUT2D eigenvalue weighted by Gasteiger charge is 2.33. The quantitative estimate of drug-likeness (QED) is 0.554. The van der Waals surface area contributed by atoms with Crippen molar-refractivity contribution >= 4 is 13.3 Å². The van der Waals surface area contributed by atoms with Crippen LogP contribution in [0, 0.1) is 0 Å². The van der Waals surface area contributed by atoms with E-state index in [4.69, 9.17) is 4.89 Å². The lowest BCUT2D eigenvalue weighted by atomic mass is 10.3. The van der Waals surface area contributed by atoms with Gasteiger partial charge in [0, 0.05) is 0 Å². The molecule has 6 heteroatoms. The molecule has 1 N–H and O–H groups in total. The predicted molar refractivity (Wildman–Crippen MR) is 47.3 cm³/mol. The molecule has 0 amide bonds. The van der Waals surface area contributed by atoms with Crippen LogP contribution in [-0.4, -0.2) is 16.7 Å². The molecule has 0 fully saturated rings. The Hall–Kier alpha value is -0.640. The van der Waals surface area contributed by atoms with Crippen LogP contribution in [0.5, 0.6) is 0 Å². The van der Waals surface area contributed by atoms with Crippen LogP contribution in [0.25, 0.3) is 0 Å². The van der Waals surface area contributed by atoms with E-state index in [1.54, 1.807) is 13.8 Å². The van der Waals surface area contributed by atoms with Gasteiger partial charge in [-0.15, -0.1) is 0 Å². The number of carbonyl (C=O) groups is 1. The normalized spacial score (nSPS) is 17.2. The van der Waals surface area contributed by atoms with Crippen LogP contribution in [-0.2, 0) is 13.8 Å². The number of hydrogen-bond donors (Lipinski definition) is 1. The van der Waals surface area contributed by atoms with Crippen LogP contribution in [0.2, 0.25) is 0 Å². The first-order valence-electron chi connectivity index (χ1n) is 3.77. The van der Waals surface area contributed by atoms with Gasteiger partial charge < -0.3 is 9.63 Å². The van der Waals surface area contributed by atoms with E-state index in [1.807, 2.05) is 0 Å². The molecule has 0 spiro atoms. The fourth-order valence-corrected chi connectivity index (χ4v) is 1.43. The summed E-state index contributed by atoms with van der Waals surface area (Å²) in [6.45, 7) is 6.44. The van der Waals surface area contributed by atoms with Gasteiger partial charge in [0.15, 0.2) is 0 Å². The van der Waals surface area contributed by atoms with Crippen LogP contribution in [0.15, 0.2) is 12.8 Å². The zero-order chi connectivity index (χ0) is 10.5. The Kier molecular flexibility index (Phi) is 4.91. The summed E-state index contributed by atoms with van der Waals surface area (Å²) in [5.41, 5.74) is -1.30. The van der Waals surface area contributed by atoms with Crippen molar-refractivity contribution in [3.63, 3.8) is 0 Å². The Morgan fingerprint density at radius 1 is 1.77 bits per heavy atom. The molecule has 2 atom stereocenters. The molecule has 0 aromatic carbocycles. The molecule has 0 radical (unpaired) electrons. The zero-order valence-electron chi connectivity index (χ0n) is 7.60. The third-order valence-corrected chi connectivity index (χ3v) is 2.53. The van der Waals surface area contributed by atoms with Gasteiger partial charge >= 0.3 is 13.3 Å². The van der Waals surface area contributed by atoms with Crippen molar-refractivity contribution in [2.75, 3.05) is 0 Å². The van der Waals surface area contributed by atoms with Gasteiger partial charge in [0.2, 0.25) is 0 Å². The predicted octanol–water partition coefficient (Wildman–Crippen LogP) is 2.27. The average Bonchev–Trinajstić information content (AvgIpc) is 2.04. The minimum atomic E-state index is -4.31. The Bertz CT molecular complexity index is 237. The highest BCUT2D eigenvalue weighted by atomic mass is 31.2. The molecule has 0 saturated heterocycles. The molecule has 0 aromatic rings. The smallest absolute Gasteiger partial charge is 0.426 e. The molecule has 0 rings (SSSR count). The second-order valence-electron chi connectivity index (χ2n) is 2.40. The summed E-state index contributed by atoms with van der Waals surface area (Å²) in [6.07, 6.45) is 0.852. The van der Waals surface area contributed by atoms with Gasteiger partial charge in [0.1, 0.15) is 0 Å². The number of hydrogen-bond acceptors (Lipinski definition) is 4. The molecular formula is C7H13O5P. The molecule has 13 heavy (non-hydrogen) atoms. The fraction of sp³-hybridized carbons (Fsp3) is 0.571. The summed E-state index contributed by atoms with van der Waals surface area (Å²) in [5, 5.41) is 0. The average molecular weight is 208 g/mol. The molecule has 5 nitrogen and oxygen atoms in total. The molecule has 2 unspecified atom stereocenters. The number of rotatable bonds is 5. The van der Waals surface area contributed by atoms with Gasteiger partial charge in [-0.1, -0.05) is 13.5 Å². The minimum absolute atomic E-state index is 0.465. The van der Waals surface area contributed by atoms with Crippen molar-refractivity contribution in [1.82, 2.24) is 0 Å². The molecule has 0 aliphatic heterocycles. The third kappa shape index (κ3) is 4.22. The number of carbonyl (C=O) groups excluding carboxylic acids is 1. The molecule has 0 aliphatic rings. The van der Waals surface area contributed by atoms with E-state index in [0.29, 0.717) is 6.42 Å².